The topological polar surface area (TPSA) is 72.6 Å². The van der Waals surface area contributed by atoms with Gasteiger partial charge in [-0.15, -0.1) is 0 Å². The third-order valence-electron chi connectivity index (χ3n) is 2.76. The molecule has 0 saturated carbocycles. The summed E-state index contributed by atoms with van der Waals surface area (Å²) in [4.78, 5) is 0.209. The van der Waals surface area contributed by atoms with Crippen LogP contribution in [0.1, 0.15) is 20.8 Å². The molecule has 1 aromatic carbocycles. The molecule has 6 heteroatoms. The molecule has 0 radical (unpaired) electrons. The molecule has 0 aliphatic rings. The van der Waals surface area contributed by atoms with Crippen molar-refractivity contribution < 1.29 is 13.2 Å². The van der Waals surface area contributed by atoms with E-state index in [1.165, 1.54) is 23.5 Å². The molecule has 0 aliphatic heterocycles. The van der Waals surface area contributed by atoms with E-state index in [0.29, 0.717) is 24.5 Å². The molecule has 108 valence electrons. The first-order valence-electron chi connectivity index (χ1n) is 6.26. The maximum atomic E-state index is 12.5. The van der Waals surface area contributed by atoms with Gasteiger partial charge in [0.05, 0.1) is 17.7 Å². The highest BCUT2D eigenvalue weighted by Crippen LogP contribution is 2.26. The standard InChI is InChI=1S/C13H22N2O3S/c1-5-15(9-10(2)3)19(16,17)11-6-7-12(14)13(8-11)18-4/h6-8,10H,5,9,14H2,1-4H3. The van der Waals surface area contributed by atoms with Crippen LogP contribution in [0, 0.1) is 5.92 Å². The Morgan fingerprint density at radius 2 is 2.00 bits per heavy atom. The summed E-state index contributed by atoms with van der Waals surface area (Å²) in [7, 11) is -2.03. The number of anilines is 1. The van der Waals surface area contributed by atoms with Crippen molar-refractivity contribution in [2.75, 3.05) is 25.9 Å². The van der Waals surface area contributed by atoms with Crippen molar-refractivity contribution in [2.24, 2.45) is 5.92 Å². The lowest BCUT2D eigenvalue weighted by molar-refractivity contribution is 0.380. The van der Waals surface area contributed by atoms with Crippen molar-refractivity contribution in [1.82, 2.24) is 4.31 Å². The van der Waals surface area contributed by atoms with Gasteiger partial charge in [-0.05, 0) is 18.1 Å². The SMILES string of the molecule is CCN(CC(C)C)S(=O)(=O)c1ccc(N)c(OC)c1. The lowest BCUT2D eigenvalue weighted by atomic mass is 10.2. The second-order valence-electron chi connectivity index (χ2n) is 4.75. The smallest absolute Gasteiger partial charge is 0.243 e. The first kappa shape index (κ1) is 15.8. The largest absolute Gasteiger partial charge is 0.495 e. The van der Waals surface area contributed by atoms with Gasteiger partial charge < -0.3 is 10.5 Å². The third-order valence-corrected chi connectivity index (χ3v) is 4.70. The Balaban J connectivity index is 3.18. The summed E-state index contributed by atoms with van der Waals surface area (Å²) in [5, 5.41) is 0. The van der Waals surface area contributed by atoms with E-state index in [9.17, 15) is 8.42 Å². The molecule has 0 unspecified atom stereocenters. The molecule has 5 nitrogen and oxygen atoms in total. The molecule has 19 heavy (non-hydrogen) atoms. The predicted octanol–water partition coefficient (Wildman–Crippen LogP) is 1.94. The molecule has 1 rings (SSSR count). The van der Waals surface area contributed by atoms with Crippen molar-refractivity contribution in [1.29, 1.82) is 0 Å². The lowest BCUT2D eigenvalue weighted by Gasteiger charge is -2.22. The minimum Gasteiger partial charge on any atom is -0.495 e. The lowest BCUT2D eigenvalue weighted by Crippen LogP contribution is -2.34. The van der Waals surface area contributed by atoms with Gasteiger partial charge in [0.15, 0.2) is 0 Å². The highest BCUT2D eigenvalue weighted by molar-refractivity contribution is 7.89. The van der Waals surface area contributed by atoms with Crippen LogP contribution in [-0.2, 0) is 10.0 Å². The molecule has 0 aromatic heterocycles. The second-order valence-corrected chi connectivity index (χ2v) is 6.69. The summed E-state index contributed by atoms with van der Waals surface area (Å²) in [5.41, 5.74) is 6.12. The molecule has 0 amide bonds. The van der Waals surface area contributed by atoms with Crippen LogP contribution in [-0.4, -0.2) is 32.9 Å². The van der Waals surface area contributed by atoms with E-state index in [1.54, 1.807) is 6.07 Å². The van der Waals surface area contributed by atoms with Crippen molar-refractivity contribution in [2.45, 2.75) is 25.7 Å². The fraction of sp³-hybridized carbons (Fsp3) is 0.538. The summed E-state index contributed by atoms with van der Waals surface area (Å²) in [6.45, 7) is 6.73. The zero-order valence-corrected chi connectivity index (χ0v) is 12.7. The second kappa shape index (κ2) is 6.25. The average Bonchev–Trinajstić information content (AvgIpc) is 2.35. The van der Waals surface area contributed by atoms with Gasteiger partial charge >= 0.3 is 0 Å². The van der Waals surface area contributed by atoms with Crippen molar-refractivity contribution in [3.63, 3.8) is 0 Å². The molecular weight excluding hydrogens is 264 g/mol. The number of hydrogen-bond acceptors (Lipinski definition) is 4. The van der Waals surface area contributed by atoms with Crippen LogP contribution in [0.15, 0.2) is 23.1 Å². The van der Waals surface area contributed by atoms with E-state index in [1.807, 2.05) is 20.8 Å². The summed E-state index contributed by atoms with van der Waals surface area (Å²) < 4.78 is 31.5. The van der Waals surface area contributed by atoms with Crippen LogP contribution in [0.3, 0.4) is 0 Å². The van der Waals surface area contributed by atoms with Gasteiger partial charge in [-0.3, -0.25) is 0 Å². The Bertz CT molecular complexity index is 527. The summed E-state index contributed by atoms with van der Waals surface area (Å²) >= 11 is 0. The van der Waals surface area contributed by atoms with Crippen molar-refractivity contribution in [3.8, 4) is 5.75 Å². The van der Waals surface area contributed by atoms with Gasteiger partial charge in [0.25, 0.3) is 0 Å². The first-order chi connectivity index (χ1) is 8.82. The monoisotopic (exact) mass is 286 g/mol. The van der Waals surface area contributed by atoms with Crippen LogP contribution >= 0.6 is 0 Å². The van der Waals surface area contributed by atoms with Crippen LogP contribution in [0.25, 0.3) is 0 Å². The molecule has 2 N–H and O–H groups in total. The number of ether oxygens (including phenoxy) is 1. The zero-order chi connectivity index (χ0) is 14.6. The molecule has 0 spiro atoms. The Labute approximate surface area is 115 Å². The van der Waals surface area contributed by atoms with Gasteiger partial charge in [-0.25, -0.2) is 8.42 Å². The fourth-order valence-corrected chi connectivity index (χ4v) is 3.43. The zero-order valence-electron chi connectivity index (χ0n) is 11.9. The van der Waals surface area contributed by atoms with Crippen LogP contribution in [0.5, 0.6) is 5.75 Å². The molecule has 0 atom stereocenters. The average molecular weight is 286 g/mol. The van der Waals surface area contributed by atoms with E-state index in [2.05, 4.69) is 0 Å². The number of nitrogens with zero attached hydrogens (tertiary/aromatic N) is 1. The number of methoxy groups -OCH3 is 1. The Morgan fingerprint density at radius 3 is 2.47 bits per heavy atom. The van der Waals surface area contributed by atoms with Crippen molar-refractivity contribution >= 4 is 15.7 Å². The fourth-order valence-electron chi connectivity index (χ4n) is 1.81. The Hall–Kier alpha value is -1.27. The quantitative estimate of drug-likeness (QED) is 0.811. The van der Waals surface area contributed by atoms with Crippen molar-refractivity contribution in [3.05, 3.63) is 18.2 Å². The molecule has 0 aliphatic carbocycles. The van der Waals surface area contributed by atoms with Gasteiger partial charge in [0.1, 0.15) is 5.75 Å². The highest BCUT2D eigenvalue weighted by atomic mass is 32.2. The number of hydrogen-bond donors (Lipinski definition) is 1. The Kier molecular flexibility index (Phi) is 5.20. The molecule has 0 fully saturated rings. The van der Waals surface area contributed by atoms with Gasteiger partial charge in [0.2, 0.25) is 10.0 Å². The molecular formula is C13H22N2O3S. The summed E-state index contributed by atoms with van der Waals surface area (Å²) in [6, 6.07) is 4.53. The predicted molar refractivity (Wildman–Crippen MR) is 76.7 cm³/mol. The number of rotatable bonds is 6. The van der Waals surface area contributed by atoms with Crippen LogP contribution in [0.4, 0.5) is 5.69 Å². The maximum absolute atomic E-state index is 12.5. The number of nitrogen functional groups attached to an aromatic ring is 1. The minimum absolute atomic E-state index is 0.209. The number of nitrogens with two attached hydrogens (primary N) is 1. The van der Waals surface area contributed by atoms with E-state index in [0.717, 1.165) is 0 Å². The third kappa shape index (κ3) is 3.61. The summed E-state index contributed by atoms with van der Waals surface area (Å²) in [5.74, 6) is 0.645. The van der Waals surface area contributed by atoms with Crippen LogP contribution in [0.2, 0.25) is 0 Å². The molecule has 0 saturated heterocycles. The molecule has 1 aromatic rings. The van der Waals surface area contributed by atoms with Gasteiger partial charge in [-0.2, -0.15) is 4.31 Å². The molecule has 0 bridgehead atoms. The number of sulfonamides is 1. The highest BCUT2D eigenvalue weighted by Gasteiger charge is 2.24. The molecule has 0 heterocycles. The van der Waals surface area contributed by atoms with Gasteiger partial charge in [-0.1, -0.05) is 20.8 Å². The van der Waals surface area contributed by atoms with E-state index in [-0.39, 0.29) is 10.8 Å². The normalized spacial score (nSPS) is 12.1. The van der Waals surface area contributed by atoms with E-state index >= 15 is 0 Å². The Morgan fingerprint density at radius 1 is 1.37 bits per heavy atom. The number of benzene rings is 1. The maximum Gasteiger partial charge on any atom is 0.243 e. The van der Waals surface area contributed by atoms with E-state index < -0.39 is 10.0 Å². The minimum atomic E-state index is -3.50. The first-order valence-corrected chi connectivity index (χ1v) is 7.70. The van der Waals surface area contributed by atoms with Crippen LogP contribution < -0.4 is 10.5 Å². The summed E-state index contributed by atoms with van der Waals surface area (Å²) in [6.07, 6.45) is 0. The van der Waals surface area contributed by atoms with E-state index in [4.69, 9.17) is 10.5 Å². The van der Waals surface area contributed by atoms with Gasteiger partial charge in [0, 0.05) is 19.2 Å².